The second kappa shape index (κ2) is 6.03. The monoisotopic (exact) mass is 246 g/mol. The molecule has 1 aromatic rings. The van der Waals surface area contributed by atoms with E-state index in [1.54, 1.807) is 12.1 Å². The van der Waals surface area contributed by atoms with Crippen LogP contribution in [0, 0.1) is 5.82 Å². The number of nitrogens with one attached hydrogen (secondary N) is 2. The van der Waals surface area contributed by atoms with Gasteiger partial charge in [0.05, 0.1) is 7.11 Å². The quantitative estimate of drug-likeness (QED) is 0.830. The molecule has 0 radical (unpaired) electrons. The minimum absolute atomic E-state index is 0. The Hall–Kier alpha value is -0.840. The third-order valence-electron chi connectivity index (χ3n) is 2.63. The van der Waals surface area contributed by atoms with Gasteiger partial charge < -0.3 is 15.4 Å². The van der Waals surface area contributed by atoms with E-state index in [0.717, 1.165) is 19.6 Å². The van der Waals surface area contributed by atoms with Gasteiger partial charge in [-0.05, 0) is 6.07 Å². The van der Waals surface area contributed by atoms with Crippen LogP contribution in [0.25, 0.3) is 0 Å². The molecule has 1 aromatic carbocycles. The Morgan fingerprint density at radius 1 is 1.38 bits per heavy atom. The zero-order valence-corrected chi connectivity index (χ0v) is 9.94. The standard InChI is InChI=1S/C11H15FN2O.ClH/c1-15-10-4-2-3-8(11(10)12)9-7-13-5-6-14-9;/h2-4,9,13-14H,5-7H2,1H3;1H/t9-;/m0./s1. The van der Waals surface area contributed by atoms with E-state index in [2.05, 4.69) is 10.6 Å². The Labute approximate surface area is 101 Å². The smallest absolute Gasteiger partial charge is 0.169 e. The van der Waals surface area contributed by atoms with E-state index in [-0.39, 0.29) is 24.3 Å². The summed E-state index contributed by atoms with van der Waals surface area (Å²) in [6, 6.07) is 5.28. The van der Waals surface area contributed by atoms with Crippen molar-refractivity contribution in [1.82, 2.24) is 10.6 Å². The number of piperazine rings is 1. The van der Waals surface area contributed by atoms with Gasteiger partial charge >= 0.3 is 0 Å². The third kappa shape index (κ3) is 2.64. The first kappa shape index (κ1) is 13.2. The van der Waals surface area contributed by atoms with Crippen LogP contribution in [-0.4, -0.2) is 26.7 Å². The highest BCUT2D eigenvalue weighted by atomic mass is 35.5. The van der Waals surface area contributed by atoms with Crippen LogP contribution in [0.5, 0.6) is 5.75 Å². The molecule has 1 atom stereocenters. The molecule has 90 valence electrons. The summed E-state index contributed by atoms with van der Waals surface area (Å²) in [5, 5.41) is 6.50. The van der Waals surface area contributed by atoms with Crippen molar-refractivity contribution in [2.24, 2.45) is 0 Å². The van der Waals surface area contributed by atoms with Gasteiger partial charge in [-0.2, -0.15) is 0 Å². The predicted octanol–water partition coefficient (Wildman–Crippen LogP) is 1.49. The average molecular weight is 247 g/mol. The highest BCUT2D eigenvalue weighted by Crippen LogP contribution is 2.25. The molecule has 0 aromatic heterocycles. The highest BCUT2D eigenvalue weighted by Gasteiger charge is 2.19. The van der Waals surface area contributed by atoms with Gasteiger partial charge in [-0.1, -0.05) is 12.1 Å². The molecule has 0 aliphatic carbocycles. The maximum Gasteiger partial charge on any atom is 0.169 e. The summed E-state index contributed by atoms with van der Waals surface area (Å²) in [4.78, 5) is 0. The molecular formula is C11H16ClFN2O. The predicted molar refractivity (Wildman–Crippen MR) is 63.8 cm³/mol. The molecule has 3 nitrogen and oxygen atoms in total. The summed E-state index contributed by atoms with van der Waals surface area (Å²) in [5.41, 5.74) is 0.668. The fraction of sp³-hybridized carbons (Fsp3) is 0.455. The van der Waals surface area contributed by atoms with Crippen LogP contribution in [0.3, 0.4) is 0 Å². The van der Waals surface area contributed by atoms with Crippen molar-refractivity contribution in [2.45, 2.75) is 6.04 Å². The Balaban J connectivity index is 0.00000128. The topological polar surface area (TPSA) is 33.3 Å². The number of benzene rings is 1. The number of hydrogen-bond acceptors (Lipinski definition) is 3. The molecule has 0 unspecified atom stereocenters. The van der Waals surface area contributed by atoms with Crippen molar-refractivity contribution in [3.63, 3.8) is 0 Å². The molecular weight excluding hydrogens is 231 g/mol. The van der Waals surface area contributed by atoms with Gasteiger partial charge in [0.1, 0.15) is 0 Å². The van der Waals surface area contributed by atoms with Crippen LogP contribution in [0.2, 0.25) is 0 Å². The van der Waals surface area contributed by atoms with Crippen LogP contribution < -0.4 is 15.4 Å². The van der Waals surface area contributed by atoms with Crippen LogP contribution in [0.1, 0.15) is 11.6 Å². The maximum absolute atomic E-state index is 13.9. The van der Waals surface area contributed by atoms with Gasteiger partial charge in [0.2, 0.25) is 0 Å². The van der Waals surface area contributed by atoms with Crippen LogP contribution in [-0.2, 0) is 0 Å². The minimum atomic E-state index is -0.263. The Kier molecular flexibility index (Phi) is 4.99. The molecule has 2 rings (SSSR count). The van der Waals surface area contributed by atoms with E-state index >= 15 is 0 Å². The Bertz CT molecular complexity index is 343. The van der Waals surface area contributed by atoms with Crippen molar-refractivity contribution in [3.8, 4) is 5.75 Å². The van der Waals surface area contributed by atoms with Crippen molar-refractivity contribution in [3.05, 3.63) is 29.6 Å². The number of ether oxygens (including phenoxy) is 1. The lowest BCUT2D eigenvalue weighted by molar-refractivity contribution is 0.371. The van der Waals surface area contributed by atoms with E-state index < -0.39 is 0 Å². The second-order valence-corrected chi connectivity index (χ2v) is 3.57. The first-order valence-corrected chi connectivity index (χ1v) is 5.09. The third-order valence-corrected chi connectivity index (χ3v) is 2.63. The summed E-state index contributed by atoms with van der Waals surface area (Å²) in [6.07, 6.45) is 0. The minimum Gasteiger partial charge on any atom is -0.494 e. The molecule has 1 aliphatic heterocycles. The normalized spacial score (nSPS) is 20.0. The molecule has 0 spiro atoms. The lowest BCUT2D eigenvalue weighted by atomic mass is 10.0. The molecule has 2 N–H and O–H groups in total. The lowest BCUT2D eigenvalue weighted by Crippen LogP contribution is -2.42. The molecule has 0 bridgehead atoms. The van der Waals surface area contributed by atoms with Crippen molar-refractivity contribution in [1.29, 1.82) is 0 Å². The largest absolute Gasteiger partial charge is 0.494 e. The van der Waals surface area contributed by atoms with Gasteiger partial charge in [0.15, 0.2) is 11.6 Å². The van der Waals surface area contributed by atoms with Crippen LogP contribution in [0.15, 0.2) is 18.2 Å². The fourth-order valence-corrected chi connectivity index (χ4v) is 1.83. The van der Waals surface area contributed by atoms with E-state index in [1.165, 1.54) is 7.11 Å². The Morgan fingerprint density at radius 3 is 2.81 bits per heavy atom. The summed E-state index contributed by atoms with van der Waals surface area (Å²) in [5.74, 6) is 0.0427. The van der Waals surface area contributed by atoms with Gasteiger partial charge in [-0.15, -0.1) is 12.4 Å². The van der Waals surface area contributed by atoms with E-state index in [4.69, 9.17) is 4.74 Å². The summed E-state index contributed by atoms with van der Waals surface area (Å²) in [6.45, 7) is 2.55. The van der Waals surface area contributed by atoms with Gasteiger partial charge in [-0.3, -0.25) is 0 Å². The first-order chi connectivity index (χ1) is 7.33. The van der Waals surface area contributed by atoms with Crippen molar-refractivity contribution >= 4 is 12.4 Å². The van der Waals surface area contributed by atoms with Crippen molar-refractivity contribution < 1.29 is 9.13 Å². The van der Waals surface area contributed by atoms with E-state index in [9.17, 15) is 4.39 Å². The second-order valence-electron chi connectivity index (χ2n) is 3.57. The summed E-state index contributed by atoms with van der Waals surface area (Å²) >= 11 is 0. The molecule has 1 heterocycles. The Morgan fingerprint density at radius 2 is 2.19 bits per heavy atom. The first-order valence-electron chi connectivity index (χ1n) is 5.09. The van der Waals surface area contributed by atoms with Gasteiger partial charge in [-0.25, -0.2) is 4.39 Å². The fourth-order valence-electron chi connectivity index (χ4n) is 1.83. The van der Waals surface area contributed by atoms with Crippen LogP contribution >= 0.6 is 12.4 Å². The highest BCUT2D eigenvalue weighted by molar-refractivity contribution is 5.85. The SMILES string of the molecule is COc1cccc([C@@H]2CNCCN2)c1F.Cl. The van der Waals surface area contributed by atoms with Crippen molar-refractivity contribution in [2.75, 3.05) is 26.7 Å². The number of rotatable bonds is 2. The summed E-state index contributed by atoms with van der Waals surface area (Å²) < 4.78 is 18.8. The molecule has 1 fully saturated rings. The molecule has 0 amide bonds. The molecule has 5 heteroatoms. The van der Waals surface area contributed by atoms with Gasteiger partial charge in [0, 0.05) is 31.2 Å². The molecule has 16 heavy (non-hydrogen) atoms. The average Bonchev–Trinajstić information content (AvgIpc) is 2.30. The number of hydrogen-bond donors (Lipinski definition) is 2. The number of halogens is 2. The molecule has 0 saturated carbocycles. The molecule has 1 saturated heterocycles. The van der Waals surface area contributed by atoms with E-state index in [1.807, 2.05) is 6.07 Å². The summed E-state index contributed by atoms with van der Waals surface area (Å²) in [7, 11) is 1.48. The molecule has 1 aliphatic rings. The zero-order chi connectivity index (χ0) is 10.7. The van der Waals surface area contributed by atoms with Crippen LogP contribution in [0.4, 0.5) is 4.39 Å². The van der Waals surface area contributed by atoms with Gasteiger partial charge in [0.25, 0.3) is 0 Å². The maximum atomic E-state index is 13.9. The van der Waals surface area contributed by atoms with E-state index in [0.29, 0.717) is 11.3 Å². The zero-order valence-electron chi connectivity index (χ0n) is 9.13. The lowest BCUT2D eigenvalue weighted by Gasteiger charge is -2.25. The number of methoxy groups -OCH3 is 1.